The number of carbonyl (C=O) groups excluding carboxylic acids is 1. The molecule has 0 unspecified atom stereocenters. The van der Waals surface area contributed by atoms with E-state index >= 15 is 0 Å². The number of rotatable bonds is 4. The van der Waals surface area contributed by atoms with Crippen molar-refractivity contribution < 1.29 is 19.7 Å². The molecule has 7 nitrogen and oxygen atoms in total. The Labute approximate surface area is 207 Å². The number of hydrogen-bond donors (Lipinski definition) is 2. The second kappa shape index (κ2) is 9.14. The Morgan fingerprint density at radius 3 is 2.58 bits per heavy atom. The van der Waals surface area contributed by atoms with E-state index in [9.17, 15) is 19.8 Å². The number of ether oxygens (including phenoxy) is 1. The summed E-state index contributed by atoms with van der Waals surface area (Å²) in [5.41, 5.74) is 2.71. The lowest BCUT2D eigenvalue weighted by molar-refractivity contribution is -0.139. The molecule has 0 amide bonds. The van der Waals surface area contributed by atoms with Crippen LogP contribution in [0.15, 0.2) is 57.5 Å². The summed E-state index contributed by atoms with van der Waals surface area (Å²) in [4.78, 5) is 31.4. The molecule has 1 atom stereocenters. The molecule has 1 aromatic heterocycles. The molecule has 2 heterocycles. The topological polar surface area (TPSA) is 101 Å². The van der Waals surface area contributed by atoms with Crippen molar-refractivity contribution in [3.8, 4) is 11.5 Å². The molecule has 0 radical (unpaired) electrons. The lowest BCUT2D eigenvalue weighted by Gasteiger charge is -2.24. The minimum absolute atomic E-state index is 0.0409. The molecular weight excluding hydrogens is 555 g/mol. The Bertz CT molecular complexity index is 1470. The van der Waals surface area contributed by atoms with Gasteiger partial charge in [0.2, 0.25) is 0 Å². The van der Waals surface area contributed by atoms with Crippen LogP contribution in [0.2, 0.25) is 0 Å². The summed E-state index contributed by atoms with van der Waals surface area (Å²) < 4.78 is 7.68. The van der Waals surface area contributed by atoms with Gasteiger partial charge >= 0.3 is 5.97 Å². The van der Waals surface area contributed by atoms with Crippen molar-refractivity contribution in [1.29, 1.82) is 0 Å². The average molecular weight is 576 g/mol. The third-order valence-corrected chi connectivity index (χ3v) is 7.14. The van der Waals surface area contributed by atoms with Gasteiger partial charge in [-0.1, -0.05) is 41.2 Å². The molecule has 0 saturated carbocycles. The number of hydrogen-bond acceptors (Lipinski definition) is 7. The summed E-state index contributed by atoms with van der Waals surface area (Å²) in [6.45, 7) is 5.64. The van der Waals surface area contributed by atoms with Crippen LogP contribution in [0, 0.1) is 10.5 Å². The standard InChI is InChI=1S/C24H21IN2O5S/c1-4-32-23(31)20-13(3)26-24-27(21(20)14-7-5-12(2)6-8-14)22(30)19(33-24)10-15-9-16(25)18(29)11-17(15)28/h5-11,21,28-29H,4H2,1-3H3/b19-10+/t21-/m0/s1. The van der Waals surface area contributed by atoms with Crippen molar-refractivity contribution in [1.82, 2.24) is 4.57 Å². The molecule has 3 aromatic rings. The first kappa shape index (κ1) is 23.2. The highest BCUT2D eigenvalue weighted by Gasteiger charge is 2.33. The number of halogens is 1. The van der Waals surface area contributed by atoms with Crippen LogP contribution >= 0.6 is 33.9 Å². The van der Waals surface area contributed by atoms with Gasteiger partial charge in [0.1, 0.15) is 11.5 Å². The van der Waals surface area contributed by atoms with Crippen LogP contribution in [0.4, 0.5) is 0 Å². The summed E-state index contributed by atoms with van der Waals surface area (Å²) in [6.07, 6.45) is 1.57. The fourth-order valence-electron chi connectivity index (χ4n) is 3.68. The summed E-state index contributed by atoms with van der Waals surface area (Å²) >= 11 is 3.12. The SMILES string of the molecule is CCOC(=O)C1=C(C)N=c2s/c(=C/c3cc(I)c(O)cc3O)c(=O)n2[C@H]1c1ccc(C)cc1. The van der Waals surface area contributed by atoms with E-state index in [4.69, 9.17) is 4.74 Å². The third-order valence-electron chi connectivity index (χ3n) is 5.29. The van der Waals surface area contributed by atoms with E-state index in [1.807, 2.05) is 53.8 Å². The number of nitrogens with zero attached hydrogens (tertiary/aromatic N) is 2. The zero-order chi connectivity index (χ0) is 23.9. The second-order valence-electron chi connectivity index (χ2n) is 7.58. The number of fused-ring (bicyclic) bond motifs is 1. The number of phenols is 2. The van der Waals surface area contributed by atoms with Gasteiger partial charge in [0.05, 0.1) is 32.0 Å². The van der Waals surface area contributed by atoms with Gasteiger partial charge in [-0.3, -0.25) is 9.36 Å². The first-order valence-electron chi connectivity index (χ1n) is 10.2. The molecular formula is C24H21IN2O5S. The zero-order valence-electron chi connectivity index (χ0n) is 18.1. The lowest BCUT2D eigenvalue weighted by atomic mass is 9.95. The first-order chi connectivity index (χ1) is 15.7. The molecule has 4 rings (SSSR count). The van der Waals surface area contributed by atoms with E-state index in [0.717, 1.165) is 11.1 Å². The highest BCUT2D eigenvalue weighted by molar-refractivity contribution is 14.1. The normalized spacial score (nSPS) is 15.9. The van der Waals surface area contributed by atoms with E-state index < -0.39 is 12.0 Å². The van der Waals surface area contributed by atoms with E-state index in [-0.39, 0.29) is 23.7 Å². The number of aryl methyl sites for hydroxylation is 1. The molecule has 0 aliphatic carbocycles. The maximum atomic E-state index is 13.5. The number of carbonyl (C=O) groups is 1. The monoisotopic (exact) mass is 576 g/mol. The van der Waals surface area contributed by atoms with E-state index in [1.54, 1.807) is 26.0 Å². The largest absolute Gasteiger partial charge is 0.507 e. The zero-order valence-corrected chi connectivity index (χ0v) is 21.1. The minimum atomic E-state index is -0.684. The molecule has 0 fully saturated rings. The van der Waals surface area contributed by atoms with Crippen molar-refractivity contribution in [2.75, 3.05) is 6.61 Å². The van der Waals surface area contributed by atoms with Crippen LogP contribution in [-0.4, -0.2) is 27.4 Å². The van der Waals surface area contributed by atoms with E-state index in [1.165, 1.54) is 22.0 Å². The lowest BCUT2D eigenvalue weighted by Crippen LogP contribution is -2.39. The number of aromatic nitrogens is 1. The van der Waals surface area contributed by atoms with Gasteiger partial charge in [-0.2, -0.15) is 0 Å². The highest BCUT2D eigenvalue weighted by atomic mass is 127. The van der Waals surface area contributed by atoms with Gasteiger partial charge in [0.25, 0.3) is 5.56 Å². The first-order valence-corrected chi connectivity index (χ1v) is 12.1. The van der Waals surface area contributed by atoms with Crippen LogP contribution in [-0.2, 0) is 9.53 Å². The molecule has 2 N–H and O–H groups in total. The van der Waals surface area contributed by atoms with E-state index in [0.29, 0.717) is 29.7 Å². The molecule has 1 aliphatic rings. The summed E-state index contributed by atoms with van der Waals surface area (Å²) in [5, 5.41) is 20.1. The maximum absolute atomic E-state index is 13.5. The summed E-state index contributed by atoms with van der Waals surface area (Å²) in [5.74, 6) is -0.692. The molecule has 170 valence electrons. The quantitative estimate of drug-likeness (QED) is 0.368. The molecule has 9 heteroatoms. The van der Waals surface area contributed by atoms with Gasteiger partial charge in [0, 0.05) is 11.6 Å². The number of thiazole rings is 1. The van der Waals surface area contributed by atoms with Crippen LogP contribution < -0.4 is 14.9 Å². The predicted octanol–water partition coefficient (Wildman–Crippen LogP) is 3.12. The molecule has 0 spiro atoms. The van der Waals surface area contributed by atoms with Gasteiger partial charge in [0.15, 0.2) is 4.80 Å². The minimum Gasteiger partial charge on any atom is -0.507 e. The smallest absolute Gasteiger partial charge is 0.338 e. The second-order valence-corrected chi connectivity index (χ2v) is 9.75. The Kier molecular flexibility index (Phi) is 6.44. The van der Waals surface area contributed by atoms with Crippen LogP contribution in [0.3, 0.4) is 0 Å². The fraction of sp³-hybridized carbons (Fsp3) is 0.208. The van der Waals surface area contributed by atoms with Gasteiger partial charge in [-0.05, 0) is 61.1 Å². The molecule has 0 bridgehead atoms. The fourth-order valence-corrected chi connectivity index (χ4v) is 5.21. The predicted molar refractivity (Wildman–Crippen MR) is 134 cm³/mol. The summed E-state index contributed by atoms with van der Waals surface area (Å²) in [6, 6.07) is 9.79. The van der Waals surface area contributed by atoms with Crippen molar-refractivity contribution >= 4 is 46.0 Å². The molecule has 0 saturated heterocycles. The van der Waals surface area contributed by atoms with Crippen LogP contribution in [0.5, 0.6) is 11.5 Å². The number of esters is 1. The van der Waals surface area contributed by atoms with Gasteiger partial charge in [-0.15, -0.1) is 0 Å². The van der Waals surface area contributed by atoms with Crippen LogP contribution in [0.25, 0.3) is 6.08 Å². The molecule has 33 heavy (non-hydrogen) atoms. The number of benzene rings is 2. The number of aromatic hydroxyl groups is 2. The average Bonchev–Trinajstić information content (AvgIpc) is 3.06. The molecule has 2 aromatic carbocycles. The van der Waals surface area contributed by atoms with Crippen molar-refractivity contribution in [2.24, 2.45) is 4.99 Å². The summed E-state index contributed by atoms with van der Waals surface area (Å²) in [7, 11) is 0. The maximum Gasteiger partial charge on any atom is 0.338 e. The van der Waals surface area contributed by atoms with Crippen molar-refractivity contribution in [3.63, 3.8) is 0 Å². The number of phenolic OH excluding ortho intramolecular Hbond substituents is 2. The highest BCUT2D eigenvalue weighted by Crippen LogP contribution is 2.31. The van der Waals surface area contributed by atoms with Crippen LogP contribution in [0.1, 0.15) is 36.6 Å². The Morgan fingerprint density at radius 1 is 1.21 bits per heavy atom. The Morgan fingerprint density at radius 2 is 1.91 bits per heavy atom. The Hall–Kier alpha value is -2.92. The number of allylic oxidation sites excluding steroid dienone is 1. The third kappa shape index (κ3) is 4.34. The van der Waals surface area contributed by atoms with Gasteiger partial charge in [-0.25, -0.2) is 9.79 Å². The van der Waals surface area contributed by atoms with Crippen molar-refractivity contribution in [3.05, 3.63) is 87.6 Å². The Balaban J connectivity index is 1.97. The van der Waals surface area contributed by atoms with E-state index in [2.05, 4.69) is 4.99 Å². The van der Waals surface area contributed by atoms with Gasteiger partial charge < -0.3 is 14.9 Å². The van der Waals surface area contributed by atoms with Crippen molar-refractivity contribution in [2.45, 2.75) is 26.8 Å². The molecule has 1 aliphatic heterocycles.